The van der Waals surface area contributed by atoms with Crippen LogP contribution in [0.2, 0.25) is 0 Å². The van der Waals surface area contributed by atoms with Gasteiger partial charge in [-0.25, -0.2) is 8.78 Å². The van der Waals surface area contributed by atoms with E-state index < -0.39 is 5.82 Å². The molecule has 1 atom stereocenters. The second-order valence-corrected chi connectivity index (χ2v) is 7.48. The molecular weight excluding hydrogens is 326 g/mol. The second kappa shape index (κ2) is 8.08. The zero-order valence-corrected chi connectivity index (χ0v) is 14.9. The van der Waals surface area contributed by atoms with E-state index in [-0.39, 0.29) is 23.8 Å². The first kappa shape index (κ1) is 18.7. The maximum absolute atomic E-state index is 13.9. The summed E-state index contributed by atoms with van der Waals surface area (Å²) in [7, 11) is 1.71. The van der Waals surface area contributed by atoms with E-state index in [9.17, 15) is 13.9 Å². The van der Waals surface area contributed by atoms with Crippen LogP contribution in [0.3, 0.4) is 0 Å². The standard InChI is InChI=1S/C19H28F2N2O2/c1-25-9-8-23-12-16(13-24)19(14-23)4-6-22(7-5-19)11-15-10-17(20)2-3-18(15)21/h2-3,10,16,24H,4-9,11-14H2,1H3. The normalized spacial score (nSPS) is 24.2. The highest BCUT2D eigenvalue weighted by molar-refractivity contribution is 5.18. The van der Waals surface area contributed by atoms with Gasteiger partial charge in [0.25, 0.3) is 0 Å². The van der Waals surface area contributed by atoms with Gasteiger partial charge in [-0.1, -0.05) is 0 Å². The van der Waals surface area contributed by atoms with Gasteiger partial charge in [-0.05, 0) is 49.5 Å². The molecule has 25 heavy (non-hydrogen) atoms. The van der Waals surface area contributed by atoms with E-state index in [1.807, 2.05) is 0 Å². The van der Waals surface area contributed by atoms with E-state index in [0.717, 1.165) is 51.6 Å². The van der Waals surface area contributed by atoms with Crippen molar-refractivity contribution in [3.63, 3.8) is 0 Å². The molecule has 1 N–H and O–H groups in total. The molecule has 0 aromatic heterocycles. The minimum Gasteiger partial charge on any atom is -0.396 e. The van der Waals surface area contributed by atoms with E-state index in [1.54, 1.807) is 7.11 Å². The lowest BCUT2D eigenvalue weighted by Gasteiger charge is -2.42. The number of piperidine rings is 1. The number of aliphatic hydroxyl groups excluding tert-OH is 1. The average Bonchev–Trinajstić information content (AvgIpc) is 2.96. The van der Waals surface area contributed by atoms with Gasteiger partial charge in [0.15, 0.2) is 0 Å². The van der Waals surface area contributed by atoms with Gasteiger partial charge in [0.1, 0.15) is 11.6 Å². The molecule has 2 saturated heterocycles. The van der Waals surface area contributed by atoms with Crippen LogP contribution in [0.5, 0.6) is 0 Å². The van der Waals surface area contributed by atoms with E-state index in [1.165, 1.54) is 12.1 Å². The summed E-state index contributed by atoms with van der Waals surface area (Å²) in [5.74, 6) is -0.450. The molecule has 140 valence electrons. The quantitative estimate of drug-likeness (QED) is 0.849. The molecule has 0 amide bonds. The molecule has 1 spiro atoms. The van der Waals surface area contributed by atoms with E-state index in [0.29, 0.717) is 18.7 Å². The molecule has 1 aromatic rings. The van der Waals surface area contributed by atoms with Gasteiger partial charge in [0.2, 0.25) is 0 Å². The van der Waals surface area contributed by atoms with Crippen molar-refractivity contribution in [1.29, 1.82) is 0 Å². The Labute approximate surface area is 148 Å². The summed E-state index contributed by atoms with van der Waals surface area (Å²) in [4.78, 5) is 4.57. The lowest BCUT2D eigenvalue weighted by atomic mass is 9.71. The molecule has 0 radical (unpaired) electrons. The highest BCUT2D eigenvalue weighted by Crippen LogP contribution is 2.44. The third kappa shape index (κ3) is 4.19. The number of likely N-dealkylation sites (tertiary alicyclic amines) is 2. The molecule has 2 fully saturated rings. The molecule has 4 nitrogen and oxygen atoms in total. The van der Waals surface area contributed by atoms with Crippen LogP contribution in [0.15, 0.2) is 18.2 Å². The Morgan fingerprint density at radius 1 is 1.24 bits per heavy atom. The number of rotatable bonds is 6. The summed E-state index contributed by atoms with van der Waals surface area (Å²) in [6.07, 6.45) is 1.97. The third-order valence-electron chi connectivity index (χ3n) is 5.97. The van der Waals surface area contributed by atoms with Crippen molar-refractivity contribution in [2.24, 2.45) is 11.3 Å². The summed E-state index contributed by atoms with van der Waals surface area (Å²) in [6.45, 7) is 5.86. The Morgan fingerprint density at radius 3 is 2.68 bits per heavy atom. The molecule has 2 aliphatic rings. The maximum atomic E-state index is 13.9. The van der Waals surface area contributed by atoms with Gasteiger partial charge in [0.05, 0.1) is 6.61 Å². The largest absolute Gasteiger partial charge is 0.396 e. The lowest BCUT2D eigenvalue weighted by Crippen LogP contribution is -2.44. The smallest absolute Gasteiger partial charge is 0.127 e. The monoisotopic (exact) mass is 354 g/mol. The van der Waals surface area contributed by atoms with Gasteiger partial charge < -0.3 is 14.7 Å². The van der Waals surface area contributed by atoms with Gasteiger partial charge in [-0.2, -0.15) is 0 Å². The Bertz CT molecular complexity index is 577. The fourth-order valence-corrected chi connectivity index (χ4v) is 4.41. The van der Waals surface area contributed by atoms with Crippen molar-refractivity contribution in [2.75, 3.05) is 53.0 Å². The van der Waals surface area contributed by atoms with Crippen LogP contribution in [0, 0.1) is 23.0 Å². The Morgan fingerprint density at radius 2 is 2.00 bits per heavy atom. The zero-order valence-electron chi connectivity index (χ0n) is 14.9. The first-order chi connectivity index (χ1) is 12.1. The molecule has 0 aliphatic carbocycles. The van der Waals surface area contributed by atoms with Crippen molar-refractivity contribution >= 4 is 0 Å². The zero-order chi connectivity index (χ0) is 17.9. The predicted molar refractivity (Wildman–Crippen MR) is 92.2 cm³/mol. The first-order valence-corrected chi connectivity index (χ1v) is 9.05. The molecule has 3 rings (SSSR count). The number of halogens is 2. The minimum atomic E-state index is -0.394. The first-order valence-electron chi connectivity index (χ1n) is 9.05. The second-order valence-electron chi connectivity index (χ2n) is 7.48. The van der Waals surface area contributed by atoms with Crippen molar-refractivity contribution in [1.82, 2.24) is 9.80 Å². The maximum Gasteiger partial charge on any atom is 0.127 e. The summed E-state index contributed by atoms with van der Waals surface area (Å²) in [5.41, 5.74) is 0.558. The van der Waals surface area contributed by atoms with E-state index in [2.05, 4.69) is 9.80 Å². The highest BCUT2D eigenvalue weighted by atomic mass is 19.1. The van der Waals surface area contributed by atoms with Crippen LogP contribution >= 0.6 is 0 Å². The fraction of sp³-hybridized carbons (Fsp3) is 0.684. The summed E-state index contributed by atoms with van der Waals surface area (Å²) in [6, 6.07) is 3.64. The number of hydrogen-bond donors (Lipinski definition) is 1. The number of benzene rings is 1. The Hall–Kier alpha value is -1.08. The van der Waals surface area contributed by atoms with Crippen LogP contribution in [0.4, 0.5) is 8.78 Å². The summed E-state index contributed by atoms with van der Waals surface area (Å²) >= 11 is 0. The minimum absolute atomic E-state index is 0.138. The number of ether oxygens (including phenoxy) is 1. The lowest BCUT2D eigenvalue weighted by molar-refractivity contribution is 0.0473. The van der Waals surface area contributed by atoms with Crippen LogP contribution < -0.4 is 0 Å². The van der Waals surface area contributed by atoms with Crippen LogP contribution in [-0.4, -0.2) is 68.0 Å². The molecule has 2 aliphatic heterocycles. The van der Waals surface area contributed by atoms with Gasteiger partial charge >= 0.3 is 0 Å². The molecule has 1 aromatic carbocycles. The van der Waals surface area contributed by atoms with E-state index >= 15 is 0 Å². The summed E-state index contributed by atoms with van der Waals surface area (Å²) < 4.78 is 32.4. The molecule has 0 saturated carbocycles. The Balaban J connectivity index is 1.59. The Kier molecular flexibility index (Phi) is 6.04. The molecule has 1 unspecified atom stereocenters. The van der Waals surface area contributed by atoms with Crippen LogP contribution in [0.25, 0.3) is 0 Å². The van der Waals surface area contributed by atoms with Gasteiger partial charge in [0, 0.05) is 51.4 Å². The van der Waals surface area contributed by atoms with Crippen molar-refractivity contribution in [3.8, 4) is 0 Å². The SMILES string of the molecule is COCCN1CC(CO)C2(CCN(Cc3cc(F)ccc3F)CC2)C1. The summed E-state index contributed by atoms with van der Waals surface area (Å²) in [5, 5.41) is 9.83. The number of hydrogen-bond acceptors (Lipinski definition) is 4. The van der Waals surface area contributed by atoms with Gasteiger partial charge in [-0.15, -0.1) is 0 Å². The highest BCUT2D eigenvalue weighted by Gasteiger charge is 2.47. The molecular formula is C19H28F2N2O2. The van der Waals surface area contributed by atoms with Crippen LogP contribution in [0.1, 0.15) is 18.4 Å². The predicted octanol–water partition coefficient (Wildman–Crippen LogP) is 2.12. The van der Waals surface area contributed by atoms with Crippen LogP contribution in [-0.2, 0) is 11.3 Å². The fourth-order valence-electron chi connectivity index (χ4n) is 4.41. The third-order valence-corrected chi connectivity index (χ3v) is 5.97. The van der Waals surface area contributed by atoms with Crippen molar-refractivity contribution < 1.29 is 18.6 Å². The number of methoxy groups -OCH3 is 1. The number of nitrogens with zero attached hydrogens (tertiary/aromatic N) is 2. The average molecular weight is 354 g/mol. The molecule has 0 bridgehead atoms. The molecule has 2 heterocycles. The van der Waals surface area contributed by atoms with Crippen molar-refractivity contribution in [3.05, 3.63) is 35.4 Å². The van der Waals surface area contributed by atoms with Crippen molar-refractivity contribution in [2.45, 2.75) is 19.4 Å². The van der Waals surface area contributed by atoms with E-state index in [4.69, 9.17) is 4.74 Å². The topological polar surface area (TPSA) is 35.9 Å². The van der Waals surface area contributed by atoms with Gasteiger partial charge in [-0.3, -0.25) is 4.90 Å². The number of aliphatic hydroxyl groups is 1. The molecule has 6 heteroatoms.